The number of rotatable bonds is 3. The van der Waals surface area contributed by atoms with Crippen LogP contribution >= 0.6 is 27.3 Å². The van der Waals surface area contributed by atoms with Gasteiger partial charge >= 0.3 is 0 Å². The summed E-state index contributed by atoms with van der Waals surface area (Å²) in [5, 5.41) is 0.896. The molecular formula is C14H11BrN2O2S2. The number of nitrogens with one attached hydrogen (secondary N) is 1. The van der Waals surface area contributed by atoms with Gasteiger partial charge in [0, 0.05) is 11.6 Å². The zero-order valence-corrected chi connectivity index (χ0v) is 14.2. The normalized spacial score (nSPS) is 11.7. The average Bonchev–Trinajstić information content (AvgIpc) is 2.90. The van der Waals surface area contributed by atoms with Gasteiger partial charge in [0.25, 0.3) is 10.0 Å². The first-order valence-corrected chi connectivity index (χ1v) is 9.19. The Morgan fingerprint density at radius 3 is 2.71 bits per heavy atom. The van der Waals surface area contributed by atoms with Crippen LogP contribution in [0.5, 0.6) is 0 Å². The van der Waals surface area contributed by atoms with Crippen LogP contribution in [0.3, 0.4) is 0 Å². The summed E-state index contributed by atoms with van der Waals surface area (Å²) in [5.74, 6) is 0. The van der Waals surface area contributed by atoms with E-state index in [-0.39, 0.29) is 4.21 Å². The number of sulfonamides is 1. The molecule has 21 heavy (non-hydrogen) atoms. The molecule has 0 atom stereocenters. The van der Waals surface area contributed by atoms with Crippen LogP contribution in [0.1, 0.15) is 5.56 Å². The van der Waals surface area contributed by atoms with Crippen molar-refractivity contribution in [3.8, 4) is 0 Å². The standard InChI is InChI=1S/C14H11BrN2O2S2/c1-9-4-5-10-3-2-8-16-14(10)13(9)17-21(18,19)12-7-6-11(15)20-12/h2-8,17H,1H3. The SMILES string of the molecule is Cc1ccc2cccnc2c1NS(=O)(=O)c1ccc(Br)s1. The van der Waals surface area contributed by atoms with Crippen molar-refractivity contribution in [3.63, 3.8) is 0 Å². The fraction of sp³-hybridized carbons (Fsp3) is 0.0714. The molecule has 0 aliphatic rings. The molecule has 3 aromatic rings. The Kier molecular flexibility index (Phi) is 3.73. The summed E-state index contributed by atoms with van der Waals surface area (Å²) in [6.45, 7) is 1.86. The van der Waals surface area contributed by atoms with Crippen molar-refractivity contribution < 1.29 is 8.42 Å². The van der Waals surface area contributed by atoms with Crippen molar-refractivity contribution in [2.45, 2.75) is 11.1 Å². The molecule has 2 heterocycles. The van der Waals surface area contributed by atoms with Crippen molar-refractivity contribution in [2.24, 2.45) is 0 Å². The van der Waals surface area contributed by atoms with Gasteiger partial charge in [-0.2, -0.15) is 0 Å². The molecule has 0 amide bonds. The minimum atomic E-state index is -3.61. The van der Waals surface area contributed by atoms with Crippen LogP contribution in [0.2, 0.25) is 0 Å². The summed E-state index contributed by atoms with van der Waals surface area (Å²) in [4.78, 5) is 4.29. The van der Waals surface area contributed by atoms with Gasteiger partial charge in [-0.1, -0.05) is 18.2 Å². The lowest BCUT2D eigenvalue weighted by Crippen LogP contribution is -2.13. The molecule has 108 valence electrons. The number of hydrogen-bond donors (Lipinski definition) is 1. The van der Waals surface area contributed by atoms with Gasteiger partial charge in [-0.15, -0.1) is 11.3 Å². The number of thiophene rings is 1. The van der Waals surface area contributed by atoms with E-state index in [1.807, 2.05) is 31.2 Å². The van der Waals surface area contributed by atoms with Crippen LogP contribution in [-0.2, 0) is 10.0 Å². The highest BCUT2D eigenvalue weighted by Crippen LogP contribution is 2.31. The average molecular weight is 383 g/mol. The maximum Gasteiger partial charge on any atom is 0.271 e. The molecule has 2 aromatic heterocycles. The highest BCUT2D eigenvalue weighted by Gasteiger charge is 2.19. The number of nitrogens with zero attached hydrogens (tertiary/aromatic N) is 1. The van der Waals surface area contributed by atoms with Crippen molar-refractivity contribution in [1.29, 1.82) is 0 Å². The Morgan fingerprint density at radius 2 is 2.00 bits per heavy atom. The highest BCUT2D eigenvalue weighted by molar-refractivity contribution is 9.11. The smallest absolute Gasteiger partial charge is 0.271 e. The third-order valence-corrected chi connectivity index (χ3v) is 6.50. The summed E-state index contributed by atoms with van der Waals surface area (Å²) in [6, 6.07) is 10.8. The van der Waals surface area contributed by atoms with E-state index in [2.05, 4.69) is 25.6 Å². The number of hydrogen-bond acceptors (Lipinski definition) is 4. The highest BCUT2D eigenvalue weighted by atomic mass is 79.9. The first kappa shape index (κ1) is 14.5. The predicted octanol–water partition coefficient (Wildman–Crippen LogP) is 4.17. The van der Waals surface area contributed by atoms with Gasteiger partial charge in [0.2, 0.25) is 0 Å². The minimum absolute atomic E-state index is 0.265. The van der Waals surface area contributed by atoms with Crippen LogP contribution in [-0.4, -0.2) is 13.4 Å². The largest absolute Gasteiger partial charge is 0.276 e. The molecule has 0 saturated heterocycles. The Hall–Kier alpha value is -1.44. The van der Waals surface area contributed by atoms with Gasteiger partial charge in [0.05, 0.1) is 15.0 Å². The zero-order chi connectivity index (χ0) is 15.0. The maximum absolute atomic E-state index is 12.5. The monoisotopic (exact) mass is 382 g/mol. The van der Waals surface area contributed by atoms with E-state index in [9.17, 15) is 8.42 Å². The van der Waals surface area contributed by atoms with E-state index in [0.29, 0.717) is 11.2 Å². The van der Waals surface area contributed by atoms with E-state index in [0.717, 1.165) is 14.7 Å². The molecule has 0 radical (unpaired) electrons. The second-order valence-electron chi connectivity index (χ2n) is 4.50. The molecule has 0 unspecified atom stereocenters. The fourth-order valence-electron chi connectivity index (χ4n) is 2.00. The van der Waals surface area contributed by atoms with Gasteiger partial charge in [0.15, 0.2) is 0 Å². The van der Waals surface area contributed by atoms with E-state index in [4.69, 9.17) is 0 Å². The van der Waals surface area contributed by atoms with Crippen LogP contribution in [0.15, 0.2) is 50.6 Å². The van der Waals surface area contributed by atoms with Crippen LogP contribution in [0.25, 0.3) is 10.9 Å². The quantitative estimate of drug-likeness (QED) is 0.739. The lowest BCUT2D eigenvalue weighted by molar-refractivity contribution is 0.603. The molecular weight excluding hydrogens is 372 g/mol. The van der Waals surface area contributed by atoms with Gasteiger partial charge in [-0.3, -0.25) is 9.71 Å². The van der Waals surface area contributed by atoms with E-state index in [1.54, 1.807) is 18.3 Å². The van der Waals surface area contributed by atoms with Crippen molar-refractivity contribution in [3.05, 3.63) is 51.9 Å². The molecule has 1 aromatic carbocycles. The number of aryl methyl sites for hydroxylation is 1. The number of pyridine rings is 1. The van der Waals surface area contributed by atoms with E-state index < -0.39 is 10.0 Å². The number of aromatic nitrogens is 1. The van der Waals surface area contributed by atoms with Crippen LogP contribution in [0, 0.1) is 6.92 Å². The van der Waals surface area contributed by atoms with Crippen LogP contribution in [0.4, 0.5) is 5.69 Å². The third-order valence-electron chi connectivity index (χ3n) is 3.03. The number of halogens is 1. The topological polar surface area (TPSA) is 59.1 Å². The second-order valence-corrected chi connectivity index (χ2v) is 8.87. The molecule has 0 spiro atoms. The van der Waals surface area contributed by atoms with Gasteiger partial charge in [0.1, 0.15) is 4.21 Å². The Balaban J connectivity index is 2.12. The molecule has 3 rings (SSSR count). The molecule has 0 fully saturated rings. The fourth-order valence-corrected chi connectivity index (χ4v) is 5.15. The molecule has 4 nitrogen and oxygen atoms in total. The first-order chi connectivity index (χ1) is 9.97. The number of anilines is 1. The second kappa shape index (κ2) is 5.40. The summed E-state index contributed by atoms with van der Waals surface area (Å²) in [5.41, 5.74) is 2.01. The van der Waals surface area contributed by atoms with Gasteiger partial charge in [-0.25, -0.2) is 8.42 Å². The lowest BCUT2D eigenvalue weighted by Gasteiger charge is -2.11. The summed E-state index contributed by atoms with van der Waals surface area (Å²) in [7, 11) is -3.61. The van der Waals surface area contributed by atoms with Gasteiger partial charge in [-0.05, 0) is 46.6 Å². The van der Waals surface area contributed by atoms with Crippen molar-refractivity contribution >= 4 is 53.9 Å². The van der Waals surface area contributed by atoms with E-state index >= 15 is 0 Å². The number of benzene rings is 1. The Labute approximate surface area is 135 Å². The van der Waals surface area contributed by atoms with Crippen LogP contribution < -0.4 is 4.72 Å². The number of fused-ring (bicyclic) bond motifs is 1. The molecule has 7 heteroatoms. The summed E-state index contributed by atoms with van der Waals surface area (Å²) in [6.07, 6.45) is 1.65. The molecule has 0 saturated carbocycles. The summed E-state index contributed by atoms with van der Waals surface area (Å²) >= 11 is 4.45. The van der Waals surface area contributed by atoms with Crippen molar-refractivity contribution in [2.75, 3.05) is 4.72 Å². The first-order valence-electron chi connectivity index (χ1n) is 6.10. The molecule has 1 N–H and O–H groups in total. The predicted molar refractivity (Wildman–Crippen MR) is 89.3 cm³/mol. The lowest BCUT2D eigenvalue weighted by atomic mass is 10.1. The summed E-state index contributed by atoms with van der Waals surface area (Å²) < 4.78 is 28.6. The molecule has 0 bridgehead atoms. The van der Waals surface area contributed by atoms with E-state index in [1.165, 1.54) is 11.3 Å². The zero-order valence-electron chi connectivity index (χ0n) is 11.0. The molecule has 0 aliphatic carbocycles. The Morgan fingerprint density at radius 1 is 1.19 bits per heavy atom. The molecule has 0 aliphatic heterocycles. The minimum Gasteiger partial charge on any atom is -0.276 e. The van der Waals surface area contributed by atoms with Gasteiger partial charge < -0.3 is 0 Å². The third kappa shape index (κ3) is 2.81. The Bertz CT molecular complexity index is 920. The van der Waals surface area contributed by atoms with Crippen molar-refractivity contribution in [1.82, 2.24) is 4.98 Å². The maximum atomic E-state index is 12.5.